The van der Waals surface area contributed by atoms with Crippen molar-refractivity contribution in [2.75, 3.05) is 20.8 Å². The van der Waals surface area contributed by atoms with Crippen molar-refractivity contribution in [2.24, 2.45) is 0 Å². The minimum atomic E-state index is -0.417. The van der Waals surface area contributed by atoms with Crippen LogP contribution >= 0.6 is 0 Å². The normalized spacial score (nSPS) is 18.5. The van der Waals surface area contributed by atoms with Crippen molar-refractivity contribution in [1.29, 1.82) is 0 Å². The van der Waals surface area contributed by atoms with Gasteiger partial charge in [0, 0.05) is 23.0 Å². The number of rotatable bonds is 5. The summed E-state index contributed by atoms with van der Waals surface area (Å²) >= 11 is 0. The molecule has 0 aliphatic carbocycles. The quantitative estimate of drug-likeness (QED) is 0.664. The van der Waals surface area contributed by atoms with E-state index in [1.54, 1.807) is 7.11 Å². The van der Waals surface area contributed by atoms with Crippen molar-refractivity contribution >= 4 is 16.9 Å². The molecule has 0 unspecified atom stereocenters. The first-order chi connectivity index (χ1) is 13.7. The van der Waals surface area contributed by atoms with Crippen LogP contribution in [0.5, 0.6) is 11.5 Å². The Balaban J connectivity index is 1.83. The van der Waals surface area contributed by atoms with Crippen LogP contribution in [0, 0.1) is 0 Å². The highest BCUT2D eigenvalue weighted by molar-refractivity contribution is 5.87. The van der Waals surface area contributed by atoms with Gasteiger partial charge in [-0.05, 0) is 36.2 Å². The van der Waals surface area contributed by atoms with E-state index in [4.69, 9.17) is 14.2 Å². The fourth-order valence-electron chi connectivity index (χ4n) is 3.93. The average Bonchev–Trinajstić information content (AvgIpc) is 3.11. The summed E-state index contributed by atoms with van der Waals surface area (Å²) in [6, 6.07) is 13.4. The Morgan fingerprint density at radius 3 is 2.71 bits per heavy atom. The second-order valence-electron chi connectivity index (χ2n) is 6.79. The van der Waals surface area contributed by atoms with E-state index in [0.717, 1.165) is 27.7 Å². The SMILES string of the molecule is CCOc1ccc([C@@H]2N[C@@H](C(=O)OC)Cc3c2[nH]c2ccccc32)cc1OC. The van der Waals surface area contributed by atoms with E-state index in [-0.39, 0.29) is 12.0 Å². The third kappa shape index (κ3) is 3.10. The van der Waals surface area contributed by atoms with Gasteiger partial charge in [0.25, 0.3) is 0 Å². The number of ether oxygens (including phenoxy) is 3. The Labute approximate surface area is 163 Å². The van der Waals surface area contributed by atoms with Crippen LogP contribution < -0.4 is 14.8 Å². The van der Waals surface area contributed by atoms with Gasteiger partial charge in [0.15, 0.2) is 11.5 Å². The van der Waals surface area contributed by atoms with E-state index in [2.05, 4.69) is 22.4 Å². The number of hydrogen-bond acceptors (Lipinski definition) is 5. The number of carbonyl (C=O) groups excluding carboxylic acids is 1. The molecule has 2 aromatic carbocycles. The highest BCUT2D eigenvalue weighted by atomic mass is 16.5. The first-order valence-electron chi connectivity index (χ1n) is 9.40. The molecule has 1 aromatic heterocycles. The largest absolute Gasteiger partial charge is 0.493 e. The van der Waals surface area contributed by atoms with Crippen molar-refractivity contribution < 1.29 is 19.0 Å². The second-order valence-corrected chi connectivity index (χ2v) is 6.79. The Morgan fingerprint density at radius 1 is 1.14 bits per heavy atom. The smallest absolute Gasteiger partial charge is 0.323 e. The lowest BCUT2D eigenvalue weighted by Crippen LogP contribution is -2.45. The maximum absolute atomic E-state index is 12.3. The predicted molar refractivity (Wildman–Crippen MR) is 107 cm³/mol. The number of fused-ring (bicyclic) bond motifs is 3. The zero-order valence-electron chi connectivity index (χ0n) is 16.2. The average molecular weight is 380 g/mol. The van der Waals surface area contributed by atoms with Crippen LogP contribution in [-0.4, -0.2) is 37.8 Å². The summed E-state index contributed by atoms with van der Waals surface area (Å²) in [5.41, 5.74) is 4.25. The third-order valence-electron chi connectivity index (χ3n) is 5.22. The number of hydrogen-bond donors (Lipinski definition) is 2. The molecule has 0 spiro atoms. The number of esters is 1. The van der Waals surface area contributed by atoms with Gasteiger partial charge >= 0.3 is 5.97 Å². The maximum Gasteiger partial charge on any atom is 0.323 e. The molecule has 146 valence electrons. The summed E-state index contributed by atoms with van der Waals surface area (Å²) in [4.78, 5) is 15.9. The molecule has 0 saturated carbocycles. The molecule has 2 N–H and O–H groups in total. The first-order valence-corrected chi connectivity index (χ1v) is 9.40. The molecule has 3 aromatic rings. The molecular formula is C22H24N2O4. The molecule has 6 heteroatoms. The molecule has 2 heterocycles. The standard InChI is InChI=1S/C22H24N2O4/c1-4-28-18-10-9-13(11-19(18)26-2)20-21-15(12-17(24-20)22(25)27-3)14-7-5-6-8-16(14)23-21/h5-11,17,20,23-24H,4,12H2,1-3H3/t17-,20+/m1/s1. The molecule has 0 radical (unpaired) electrons. The topological polar surface area (TPSA) is 72.6 Å². The van der Waals surface area contributed by atoms with Crippen LogP contribution in [0.4, 0.5) is 0 Å². The number of H-pyrrole nitrogens is 1. The van der Waals surface area contributed by atoms with Crippen LogP contribution in [0.3, 0.4) is 0 Å². The summed E-state index contributed by atoms with van der Waals surface area (Å²) < 4.78 is 16.2. The van der Waals surface area contributed by atoms with Gasteiger partial charge in [-0.25, -0.2) is 0 Å². The summed E-state index contributed by atoms with van der Waals surface area (Å²) in [5.74, 6) is 1.10. The van der Waals surface area contributed by atoms with Crippen molar-refractivity contribution in [3.63, 3.8) is 0 Å². The molecule has 1 aliphatic heterocycles. The Morgan fingerprint density at radius 2 is 1.96 bits per heavy atom. The molecule has 0 saturated heterocycles. The molecule has 1 aliphatic rings. The van der Waals surface area contributed by atoms with Crippen LogP contribution in [-0.2, 0) is 16.0 Å². The van der Waals surface area contributed by atoms with Crippen LogP contribution in [0.1, 0.15) is 29.8 Å². The van der Waals surface area contributed by atoms with E-state index in [1.807, 2.05) is 37.3 Å². The lowest BCUT2D eigenvalue weighted by molar-refractivity contribution is -0.143. The first kappa shape index (κ1) is 18.4. The van der Waals surface area contributed by atoms with Gasteiger partial charge in [-0.2, -0.15) is 0 Å². The maximum atomic E-state index is 12.3. The second kappa shape index (κ2) is 7.56. The van der Waals surface area contributed by atoms with Crippen molar-refractivity contribution in [2.45, 2.75) is 25.4 Å². The van der Waals surface area contributed by atoms with Crippen molar-refractivity contribution in [3.8, 4) is 11.5 Å². The summed E-state index contributed by atoms with van der Waals surface area (Å²) in [6.07, 6.45) is 0.580. The van der Waals surface area contributed by atoms with Crippen molar-refractivity contribution in [1.82, 2.24) is 10.3 Å². The summed E-state index contributed by atoms with van der Waals surface area (Å²) in [6.45, 7) is 2.50. The third-order valence-corrected chi connectivity index (χ3v) is 5.22. The van der Waals surface area contributed by atoms with Gasteiger partial charge < -0.3 is 19.2 Å². The monoisotopic (exact) mass is 380 g/mol. The van der Waals surface area contributed by atoms with Gasteiger partial charge in [-0.15, -0.1) is 0 Å². The summed E-state index contributed by atoms with van der Waals surface area (Å²) in [5, 5.41) is 4.57. The zero-order valence-corrected chi connectivity index (χ0v) is 16.2. The van der Waals surface area contributed by atoms with Gasteiger partial charge in [-0.1, -0.05) is 24.3 Å². The lowest BCUT2D eigenvalue weighted by Gasteiger charge is -2.30. The highest BCUT2D eigenvalue weighted by Crippen LogP contribution is 2.38. The molecule has 28 heavy (non-hydrogen) atoms. The van der Waals surface area contributed by atoms with Crippen molar-refractivity contribution in [3.05, 3.63) is 59.3 Å². The Hall–Kier alpha value is -2.99. The molecule has 4 rings (SSSR count). The molecule has 0 amide bonds. The van der Waals surface area contributed by atoms with Gasteiger partial charge in [-0.3, -0.25) is 10.1 Å². The van der Waals surface area contributed by atoms with Crippen LogP contribution in [0.2, 0.25) is 0 Å². The van der Waals surface area contributed by atoms with Crippen LogP contribution in [0.15, 0.2) is 42.5 Å². The molecular weight excluding hydrogens is 356 g/mol. The number of carbonyl (C=O) groups is 1. The number of aromatic amines is 1. The van der Waals surface area contributed by atoms with Gasteiger partial charge in [0.1, 0.15) is 6.04 Å². The minimum absolute atomic E-state index is 0.190. The predicted octanol–water partition coefficient (Wildman–Crippen LogP) is 3.35. The number of nitrogens with one attached hydrogen (secondary N) is 2. The fourth-order valence-corrected chi connectivity index (χ4v) is 3.93. The summed E-state index contributed by atoms with van der Waals surface area (Å²) in [7, 11) is 3.05. The molecule has 0 fully saturated rings. The molecule has 2 atom stereocenters. The minimum Gasteiger partial charge on any atom is -0.493 e. The van der Waals surface area contributed by atoms with Gasteiger partial charge in [0.05, 0.1) is 26.9 Å². The zero-order chi connectivity index (χ0) is 19.7. The van der Waals surface area contributed by atoms with E-state index < -0.39 is 6.04 Å². The number of aromatic nitrogens is 1. The Kier molecular flexibility index (Phi) is 4.96. The molecule has 0 bridgehead atoms. The van der Waals surface area contributed by atoms with E-state index >= 15 is 0 Å². The number of methoxy groups -OCH3 is 2. The number of para-hydroxylation sites is 1. The fraction of sp³-hybridized carbons (Fsp3) is 0.318. The van der Waals surface area contributed by atoms with E-state index in [9.17, 15) is 4.79 Å². The Bertz CT molecular complexity index is 1010. The van der Waals surface area contributed by atoms with Gasteiger partial charge in [0.2, 0.25) is 0 Å². The lowest BCUT2D eigenvalue weighted by atomic mass is 9.90. The van der Waals surface area contributed by atoms with E-state index in [0.29, 0.717) is 24.5 Å². The van der Waals surface area contributed by atoms with Crippen LogP contribution in [0.25, 0.3) is 10.9 Å². The van der Waals surface area contributed by atoms with E-state index in [1.165, 1.54) is 7.11 Å². The number of benzene rings is 2. The highest BCUT2D eigenvalue weighted by Gasteiger charge is 2.34. The molecule has 6 nitrogen and oxygen atoms in total.